The Morgan fingerprint density at radius 2 is 1.67 bits per heavy atom. The average molecular weight is 248 g/mol. The van der Waals surface area contributed by atoms with Crippen molar-refractivity contribution >= 4 is 12.0 Å². The molecule has 0 aromatic heterocycles. The summed E-state index contributed by atoms with van der Waals surface area (Å²) >= 11 is 0. The maximum Gasteiger partial charge on any atom is 0.373 e. The summed E-state index contributed by atoms with van der Waals surface area (Å²) in [5, 5.41) is 0. The van der Waals surface area contributed by atoms with Crippen molar-refractivity contribution in [3.8, 4) is 0 Å². The molecule has 1 rings (SSSR count). The first kappa shape index (κ1) is 14.3. The quantitative estimate of drug-likeness (QED) is 0.421. The fourth-order valence-corrected chi connectivity index (χ4v) is 1.34. The Morgan fingerprint density at radius 3 is 2.28 bits per heavy atom. The molecule has 18 heavy (non-hydrogen) atoms. The van der Waals surface area contributed by atoms with Crippen LogP contribution in [0, 0.1) is 0 Å². The van der Waals surface area contributed by atoms with Crippen LogP contribution < -0.4 is 0 Å². The highest BCUT2D eigenvalue weighted by molar-refractivity contribution is 5.91. The molecule has 0 atom stereocenters. The van der Waals surface area contributed by atoms with Gasteiger partial charge in [-0.2, -0.15) is 0 Å². The summed E-state index contributed by atoms with van der Waals surface area (Å²) in [5.41, 5.74) is 0.928. The fourth-order valence-electron chi connectivity index (χ4n) is 1.34. The summed E-state index contributed by atoms with van der Waals surface area (Å²) in [5.74, 6) is -0.120. The van der Waals surface area contributed by atoms with Crippen LogP contribution in [0.1, 0.15) is 32.3 Å². The summed E-state index contributed by atoms with van der Waals surface area (Å²) in [7, 11) is 0. The van der Waals surface area contributed by atoms with Crippen molar-refractivity contribution in [2.24, 2.45) is 0 Å². The van der Waals surface area contributed by atoms with Crippen LogP contribution in [0.25, 0.3) is 6.08 Å². The minimum Gasteiger partial charge on any atom is -0.487 e. The molecule has 3 nitrogen and oxygen atoms in total. The Morgan fingerprint density at radius 1 is 1.06 bits per heavy atom. The molecule has 0 amide bonds. The molecule has 0 aliphatic carbocycles. The summed E-state index contributed by atoms with van der Waals surface area (Å²) in [6, 6.07) is 9.60. The Hall–Kier alpha value is -1.77. The van der Waals surface area contributed by atoms with Crippen LogP contribution in [0.15, 0.2) is 36.1 Å². The predicted molar refractivity (Wildman–Crippen MR) is 71.9 cm³/mol. The van der Waals surface area contributed by atoms with Crippen molar-refractivity contribution in [1.29, 1.82) is 0 Å². The zero-order valence-electron chi connectivity index (χ0n) is 11.0. The molecular weight excluding hydrogens is 228 g/mol. The Kier molecular flexibility index (Phi) is 6.62. The van der Waals surface area contributed by atoms with Gasteiger partial charge in [-0.1, -0.05) is 44.2 Å². The lowest BCUT2D eigenvalue weighted by Gasteiger charge is -2.09. The van der Waals surface area contributed by atoms with E-state index in [2.05, 4.69) is 0 Å². The molecule has 0 N–H and O–H groups in total. The first-order chi connectivity index (χ1) is 8.77. The molecular formula is C15H20O3. The number of carbonyl (C=O) groups is 1. The largest absolute Gasteiger partial charge is 0.487 e. The van der Waals surface area contributed by atoms with Crippen molar-refractivity contribution in [1.82, 2.24) is 0 Å². The van der Waals surface area contributed by atoms with Gasteiger partial charge in [-0.15, -0.1) is 0 Å². The van der Waals surface area contributed by atoms with E-state index in [1.54, 1.807) is 6.08 Å². The van der Waals surface area contributed by atoms with Gasteiger partial charge in [-0.3, -0.25) is 0 Å². The van der Waals surface area contributed by atoms with E-state index in [1.165, 1.54) is 0 Å². The Labute approximate surface area is 108 Å². The van der Waals surface area contributed by atoms with Gasteiger partial charge in [0.15, 0.2) is 0 Å². The molecule has 0 saturated heterocycles. The second-order valence-electron chi connectivity index (χ2n) is 3.90. The highest BCUT2D eigenvalue weighted by atomic mass is 16.6. The Balaban J connectivity index is 2.77. The number of hydrogen-bond donors (Lipinski definition) is 0. The summed E-state index contributed by atoms with van der Waals surface area (Å²) < 4.78 is 10.5. The van der Waals surface area contributed by atoms with E-state index in [9.17, 15) is 4.79 Å². The van der Waals surface area contributed by atoms with Gasteiger partial charge in [0, 0.05) is 0 Å². The van der Waals surface area contributed by atoms with Crippen molar-refractivity contribution in [2.45, 2.75) is 26.7 Å². The first-order valence-corrected chi connectivity index (χ1v) is 6.34. The van der Waals surface area contributed by atoms with Crippen molar-refractivity contribution in [3.05, 3.63) is 41.7 Å². The molecule has 0 spiro atoms. The number of benzene rings is 1. The molecule has 0 saturated carbocycles. The van der Waals surface area contributed by atoms with Gasteiger partial charge in [-0.25, -0.2) is 4.79 Å². The van der Waals surface area contributed by atoms with Gasteiger partial charge in [0.1, 0.15) is 0 Å². The smallest absolute Gasteiger partial charge is 0.373 e. The summed E-state index contributed by atoms with van der Waals surface area (Å²) in [4.78, 5) is 11.8. The molecule has 0 bridgehead atoms. The van der Waals surface area contributed by atoms with Gasteiger partial charge in [-0.05, 0) is 24.5 Å². The van der Waals surface area contributed by atoms with E-state index in [4.69, 9.17) is 9.47 Å². The molecule has 0 aliphatic heterocycles. The number of rotatable bonds is 7. The minimum absolute atomic E-state index is 0.275. The molecule has 98 valence electrons. The predicted octanol–water partition coefficient (Wildman–Crippen LogP) is 3.41. The van der Waals surface area contributed by atoms with Crippen LogP contribution in [0.3, 0.4) is 0 Å². The SMILES string of the molecule is CCCOC(=O)/C(=C/c1ccccc1)OCCC. The molecule has 0 fully saturated rings. The zero-order valence-corrected chi connectivity index (χ0v) is 11.0. The second kappa shape index (κ2) is 8.34. The van der Waals surface area contributed by atoms with E-state index in [0.29, 0.717) is 13.2 Å². The van der Waals surface area contributed by atoms with Crippen LogP contribution in [0.5, 0.6) is 0 Å². The van der Waals surface area contributed by atoms with Gasteiger partial charge in [0.2, 0.25) is 5.76 Å². The van der Waals surface area contributed by atoms with E-state index < -0.39 is 5.97 Å². The van der Waals surface area contributed by atoms with E-state index >= 15 is 0 Å². The zero-order chi connectivity index (χ0) is 13.2. The number of carbonyl (C=O) groups excluding carboxylic acids is 1. The van der Waals surface area contributed by atoms with Gasteiger partial charge in [0.25, 0.3) is 0 Å². The van der Waals surface area contributed by atoms with E-state index in [1.807, 2.05) is 44.2 Å². The highest BCUT2D eigenvalue weighted by Gasteiger charge is 2.12. The minimum atomic E-state index is -0.394. The standard InChI is InChI=1S/C15H20O3/c1-3-10-17-14(15(16)18-11-4-2)12-13-8-6-5-7-9-13/h5-9,12H,3-4,10-11H2,1-2H3/b14-12-. The highest BCUT2D eigenvalue weighted by Crippen LogP contribution is 2.10. The second-order valence-corrected chi connectivity index (χ2v) is 3.90. The third kappa shape index (κ3) is 5.04. The molecule has 0 aliphatic rings. The van der Waals surface area contributed by atoms with Gasteiger partial charge in [0.05, 0.1) is 13.2 Å². The maximum absolute atomic E-state index is 11.8. The van der Waals surface area contributed by atoms with Gasteiger partial charge >= 0.3 is 5.97 Å². The summed E-state index contributed by atoms with van der Waals surface area (Å²) in [6.45, 7) is 4.89. The maximum atomic E-state index is 11.8. The van der Waals surface area contributed by atoms with Crippen LogP contribution in [-0.4, -0.2) is 19.2 Å². The molecule has 1 aromatic rings. The lowest BCUT2D eigenvalue weighted by Crippen LogP contribution is -2.11. The average Bonchev–Trinajstić information content (AvgIpc) is 2.42. The molecule has 0 radical (unpaired) electrons. The van der Waals surface area contributed by atoms with Gasteiger partial charge < -0.3 is 9.47 Å². The van der Waals surface area contributed by atoms with E-state index in [0.717, 1.165) is 18.4 Å². The fraction of sp³-hybridized carbons (Fsp3) is 0.400. The monoisotopic (exact) mass is 248 g/mol. The molecule has 1 aromatic carbocycles. The third-order valence-electron chi connectivity index (χ3n) is 2.20. The van der Waals surface area contributed by atoms with Crippen molar-refractivity contribution < 1.29 is 14.3 Å². The topological polar surface area (TPSA) is 35.5 Å². The number of esters is 1. The molecule has 0 unspecified atom stereocenters. The lowest BCUT2D eigenvalue weighted by atomic mass is 10.2. The number of ether oxygens (including phenoxy) is 2. The van der Waals surface area contributed by atoms with Crippen molar-refractivity contribution in [2.75, 3.05) is 13.2 Å². The van der Waals surface area contributed by atoms with Crippen LogP contribution >= 0.6 is 0 Å². The Bertz CT molecular complexity index is 382. The van der Waals surface area contributed by atoms with Crippen LogP contribution in [-0.2, 0) is 14.3 Å². The van der Waals surface area contributed by atoms with E-state index in [-0.39, 0.29) is 5.76 Å². The molecule has 3 heteroatoms. The number of hydrogen-bond acceptors (Lipinski definition) is 3. The van der Waals surface area contributed by atoms with Crippen molar-refractivity contribution in [3.63, 3.8) is 0 Å². The lowest BCUT2D eigenvalue weighted by molar-refractivity contribution is -0.142. The molecule has 0 heterocycles. The van der Waals surface area contributed by atoms with Crippen LogP contribution in [0.4, 0.5) is 0 Å². The summed E-state index contributed by atoms with van der Waals surface area (Å²) in [6.07, 6.45) is 3.37. The normalized spacial score (nSPS) is 11.1. The van der Waals surface area contributed by atoms with Crippen LogP contribution in [0.2, 0.25) is 0 Å². The first-order valence-electron chi connectivity index (χ1n) is 6.34. The third-order valence-corrected chi connectivity index (χ3v) is 2.20.